The number of amides is 2. The number of carboxylic acids is 1. The van der Waals surface area contributed by atoms with Crippen LogP contribution < -0.4 is 10.1 Å². The van der Waals surface area contributed by atoms with Gasteiger partial charge in [0.25, 0.3) is 5.91 Å². The van der Waals surface area contributed by atoms with Gasteiger partial charge in [0.15, 0.2) is 0 Å². The highest BCUT2D eigenvalue weighted by Crippen LogP contribution is 2.50. The monoisotopic (exact) mass is 430 g/mol. The van der Waals surface area contributed by atoms with Crippen molar-refractivity contribution in [2.75, 3.05) is 6.61 Å². The fraction of sp³-hybridized carbons (Fsp3) is 0.381. The van der Waals surface area contributed by atoms with Crippen LogP contribution in [0.4, 0.5) is 0 Å². The molecule has 2 heterocycles. The number of hydrogen-bond donors (Lipinski definition) is 3. The highest BCUT2D eigenvalue weighted by molar-refractivity contribution is 8.01. The van der Waals surface area contributed by atoms with Crippen LogP contribution in [0.2, 0.25) is 0 Å². The predicted octanol–water partition coefficient (Wildman–Crippen LogP) is 2.19. The second-order valence-corrected chi connectivity index (χ2v) is 9.56. The third kappa shape index (κ3) is 2.96. The fourth-order valence-electron chi connectivity index (χ4n) is 4.19. The minimum Gasteiger partial charge on any atom is -0.507 e. The number of rotatable bonds is 5. The number of phenols is 1. The molecule has 2 aliphatic rings. The number of ether oxygens (including phenoxy) is 1. The first-order valence-electron chi connectivity index (χ1n) is 9.58. The summed E-state index contributed by atoms with van der Waals surface area (Å²) in [6, 6.07) is 6.39. The molecule has 4 rings (SSSR count). The number of phenolic OH excluding ortho intramolecular Hbond substituents is 1. The van der Waals surface area contributed by atoms with Gasteiger partial charge in [-0.2, -0.15) is 0 Å². The van der Waals surface area contributed by atoms with Gasteiger partial charge >= 0.3 is 5.97 Å². The first-order chi connectivity index (χ1) is 14.2. The number of carbonyl (C=O) groups excluding carboxylic acids is 2. The predicted molar refractivity (Wildman–Crippen MR) is 112 cm³/mol. The Morgan fingerprint density at radius 2 is 1.97 bits per heavy atom. The number of carbonyl (C=O) groups is 3. The normalized spacial score (nSPS) is 24.3. The molecule has 8 nitrogen and oxygen atoms in total. The van der Waals surface area contributed by atoms with E-state index in [4.69, 9.17) is 4.74 Å². The quantitative estimate of drug-likeness (QED) is 0.623. The summed E-state index contributed by atoms with van der Waals surface area (Å²) in [6.45, 7) is 5.70. The molecular weight excluding hydrogens is 408 g/mol. The van der Waals surface area contributed by atoms with E-state index in [9.17, 15) is 24.6 Å². The van der Waals surface area contributed by atoms with Crippen molar-refractivity contribution in [1.29, 1.82) is 0 Å². The largest absolute Gasteiger partial charge is 0.507 e. The topological polar surface area (TPSA) is 116 Å². The summed E-state index contributed by atoms with van der Waals surface area (Å²) >= 11 is 1.36. The van der Waals surface area contributed by atoms with Gasteiger partial charge in [-0.15, -0.1) is 11.8 Å². The summed E-state index contributed by atoms with van der Waals surface area (Å²) in [6.07, 6.45) is 0. The Balaban J connectivity index is 1.67. The van der Waals surface area contributed by atoms with Crippen molar-refractivity contribution < 1.29 is 29.3 Å². The van der Waals surface area contributed by atoms with E-state index in [1.54, 1.807) is 45.0 Å². The van der Waals surface area contributed by atoms with Crippen LogP contribution in [0.1, 0.15) is 31.1 Å². The molecule has 0 aliphatic carbocycles. The van der Waals surface area contributed by atoms with Gasteiger partial charge in [0, 0.05) is 15.5 Å². The van der Waals surface area contributed by atoms with Crippen molar-refractivity contribution >= 4 is 40.3 Å². The van der Waals surface area contributed by atoms with Gasteiger partial charge in [0.1, 0.15) is 29.0 Å². The number of aliphatic carboxylic acids is 1. The van der Waals surface area contributed by atoms with Gasteiger partial charge in [-0.3, -0.25) is 9.59 Å². The maximum atomic E-state index is 13.2. The molecule has 158 valence electrons. The zero-order chi connectivity index (χ0) is 21.8. The Morgan fingerprint density at radius 3 is 2.63 bits per heavy atom. The molecule has 2 amide bonds. The molecule has 2 fully saturated rings. The molecule has 0 radical (unpaired) electrons. The number of thioether (sulfide) groups is 1. The van der Waals surface area contributed by atoms with Crippen molar-refractivity contribution in [2.24, 2.45) is 0 Å². The Hall–Kier alpha value is -2.94. The molecule has 3 N–H and O–H groups in total. The summed E-state index contributed by atoms with van der Waals surface area (Å²) in [5.41, 5.74) is 0.230. The maximum Gasteiger partial charge on any atom is 0.327 e. The zero-order valence-corrected chi connectivity index (χ0v) is 17.5. The van der Waals surface area contributed by atoms with Gasteiger partial charge in [0.05, 0.1) is 12.2 Å². The molecule has 0 aromatic heterocycles. The average molecular weight is 430 g/mol. The highest BCUT2D eigenvalue weighted by atomic mass is 32.2. The lowest BCUT2D eigenvalue weighted by molar-refractivity contribution is -0.159. The molecule has 2 aliphatic heterocycles. The Labute approximate surface area is 177 Å². The second kappa shape index (κ2) is 7.09. The van der Waals surface area contributed by atoms with Crippen LogP contribution in [0.5, 0.6) is 11.5 Å². The number of nitrogens with zero attached hydrogens (tertiary/aromatic N) is 1. The lowest BCUT2D eigenvalue weighted by atomic mass is 9.95. The number of fused-ring (bicyclic) bond motifs is 2. The van der Waals surface area contributed by atoms with Crippen molar-refractivity contribution in [3.8, 4) is 11.5 Å². The summed E-state index contributed by atoms with van der Waals surface area (Å²) in [5.74, 6) is -1.60. The standard InChI is InChI=1S/C21H22N2O6S/c1-4-29-13-9-8-10-11(6-5-7-12(10)24)14(13)17(25)22-15-18(26)23-16(20(27)28)21(2,3)30-19(15)23/h5-9,15-16,19,24H,4H2,1-3H3,(H,22,25)(H,27,28)/t15-,16+,19-/m1/s1. The van der Waals surface area contributed by atoms with E-state index >= 15 is 0 Å². The third-order valence-corrected chi connectivity index (χ3v) is 7.06. The molecule has 0 unspecified atom stereocenters. The average Bonchev–Trinajstić information content (AvgIpc) is 2.94. The van der Waals surface area contributed by atoms with Gasteiger partial charge in [-0.05, 0) is 39.0 Å². The number of hydrogen-bond acceptors (Lipinski definition) is 6. The van der Waals surface area contributed by atoms with Gasteiger partial charge in [-0.1, -0.05) is 12.1 Å². The smallest absolute Gasteiger partial charge is 0.327 e. The van der Waals surface area contributed by atoms with E-state index < -0.39 is 40.0 Å². The van der Waals surface area contributed by atoms with E-state index in [1.807, 2.05) is 0 Å². The summed E-state index contributed by atoms with van der Waals surface area (Å²) < 4.78 is 4.94. The van der Waals surface area contributed by atoms with E-state index in [0.29, 0.717) is 23.1 Å². The van der Waals surface area contributed by atoms with Crippen LogP contribution >= 0.6 is 11.8 Å². The highest BCUT2D eigenvalue weighted by Gasteiger charge is 2.64. The van der Waals surface area contributed by atoms with Crippen molar-refractivity contribution in [2.45, 2.75) is 43.0 Å². The Morgan fingerprint density at radius 1 is 1.23 bits per heavy atom. The van der Waals surface area contributed by atoms with Gasteiger partial charge in [-0.25, -0.2) is 4.79 Å². The fourth-order valence-corrected chi connectivity index (χ4v) is 5.82. The number of carboxylic acid groups (broad SMARTS) is 1. The first-order valence-corrected chi connectivity index (χ1v) is 10.5. The Bertz CT molecular complexity index is 1070. The number of aromatic hydroxyl groups is 1. The van der Waals surface area contributed by atoms with Crippen LogP contribution in [0.25, 0.3) is 10.8 Å². The van der Waals surface area contributed by atoms with Crippen LogP contribution in [-0.4, -0.2) is 61.7 Å². The SMILES string of the molecule is CCOc1ccc2c(O)cccc2c1C(=O)N[C@@H]1C(=O)N2[C@@H]1SC(C)(C)[C@@H]2C(=O)O. The van der Waals surface area contributed by atoms with Crippen LogP contribution in [0.15, 0.2) is 30.3 Å². The number of benzene rings is 2. The van der Waals surface area contributed by atoms with Crippen molar-refractivity contribution in [1.82, 2.24) is 10.2 Å². The van der Waals surface area contributed by atoms with Crippen molar-refractivity contribution in [3.63, 3.8) is 0 Å². The van der Waals surface area contributed by atoms with E-state index in [0.717, 1.165) is 0 Å². The van der Waals surface area contributed by atoms with E-state index in [2.05, 4.69) is 5.32 Å². The zero-order valence-electron chi connectivity index (χ0n) is 16.7. The third-order valence-electron chi connectivity index (χ3n) is 5.49. The molecule has 2 saturated heterocycles. The molecule has 9 heteroatoms. The van der Waals surface area contributed by atoms with E-state index in [-0.39, 0.29) is 11.3 Å². The molecule has 0 spiro atoms. The summed E-state index contributed by atoms with van der Waals surface area (Å²) in [7, 11) is 0. The van der Waals surface area contributed by atoms with Crippen LogP contribution in [0, 0.1) is 0 Å². The minimum absolute atomic E-state index is 0.0351. The summed E-state index contributed by atoms with van der Waals surface area (Å²) in [4.78, 5) is 38.9. The van der Waals surface area contributed by atoms with E-state index in [1.165, 1.54) is 22.7 Å². The number of nitrogens with one attached hydrogen (secondary N) is 1. The molecule has 30 heavy (non-hydrogen) atoms. The minimum atomic E-state index is -1.06. The van der Waals surface area contributed by atoms with Crippen molar-refractivity contribution in [3.05, 3.63) is 35.9 Å². The second-order valence-electron chi connectivity index (χ2n) is 7.79. The Kier molecular flexibility index (Phi) is 4.80. The van der Waals surface area contributed by atoms with Gasteiger partial charge < -0.3 is 25.2 Å². The first kappa shape index (κ1) is 20.3. The molecule has 3 atom stereocenters. The lowest BCUT2D eigenvalue weighted by Crippen LogP contribution is -2.70. The van der Waals surface area contributed by atoms with Crippen LogP contribution in [-0.2, 0) is 9.59 Å². The molecule has 0 saturated carbocycles. The molecule has 2 aromatic rings. The molecular formula is C21H22N2O6S. The van der Waals surface area contributed by atoms with Crippen LogP contribution in [0.3, 0.4) is 0 Å². The van der Waals surface area contributed by atoms with Gasteiger partial charge in [0.2, 0.25) is 5.91 Å². The number of β-lactam (4-membered cyclic amide) rings is 1. The molecule has 2 aromatic carbocycles. The lowest BCUT2D eigenvalue weighted by Gasteiger charge is -2.43. The molecule has 0 bridgehead atoms. The maximum absolute atomic E-state index is 13.2. The summed E-state index contributed by atoms with van der Waals surface area (Å²) in [5, 5.41) is 23.0.